The fourth-order valence-electron chi connectivity index (χ4n) is 3.22. The third-order valence-electron chi connectivity index (χ3n) is 4.43. The first-order valence-corrected chi connectivity index (χ1v) is 7.24. The summed E-state index contributed by atoms with van der Waals surface area (Å²) in [4.78, 5) is 14.4. The number of nitrogens with zero attached hydrogens (tertiary/aromatic N) is 1. The summed E-state index contributed by atoms with van der Waals surface area (Å²) in [5.74, 6) is 1.65. The van der Waals surface area contributed by atoms with Crippen molar-refractivity contribution in [2.24, 2.45) is 11.8 Å². The molecule has 1 N–H and O–H groups in total. The van der Waals surface area contributed by atoms with E-state index in [4.69, 9.17) is 0 Å². The second kappa shape index (κ2) is 6.39. The Kier molecular flexibility index (Phi) is 4.84. The molecule has 0 unspecified atom stereocenters. The first kappa shape index (κ1) is 12.9. The van der Waals surface area contributed by atoms with Gasteiger partial charge in [-0.25, -0.2) is 0 Å². The van der Waals surface area contributed by atoms with E-state index < -0.39 is 0 Å². The Balaban J connectivity index is 1.72. The highest BCUT2D eigenvalue weighted by molar-refractivity contribution is 5.79. The Labute approximate surface area is 105 Å². The summed E-state index contributed by atoms with van der Waals surface area (Å²) < 4.78 is 0. The summed E-state index contributed by atoms with van der Waals surface area (Å²) in [7, 11) is 2.01. The highest BCUT2D eigenvalue weighted by Gasteiger charge is 2.29. The van der Waals surface area contributed by atoms with Crippen molar-refractivity contribution in [2.45, 2.75) is 44.9 Å². The van der Waals surface area contributed by atoms with E-state index >= 15 is 0 Å². The van der Waals surface area contributed by atoms with Crippen LogP contribution in [0.15, 0.2) is 0 Å². The van der Waals surface area contributed by atoms with E-state index in [1.807, 2.05) is 7.05 Å². The zero-order chi connectivity index (χ0) is 12.1. The van der Waals surface area contributed by atoms with Crippen LogP contribution in [0.3, 0.4) is 0 Å². The molecule has 2 rings (SSSR count). The number of amides is 1. The number of piperidine rings is 1. The average molecular weight is 238 g/mol. The molecule has 3 nitrogen and oxygen atoms in total. The molecule has 1 amide bonds. The quantitative estimate of drug-likeness (QED) is 0.812. The summed E-state index contributed by atoms with van der Waals surface area (Å²) in [6, 6.07) is 0. The minimum atomic E-state index is 0.365. The van der Waals surface area contributed by atoms with Gasteiger partial charge in [-0.3, -0.25) is 4.79 Å². The van der Waals surface area contributed by atoms with Gasteiger partial charge < -0.3 is 10.2 Å². The SMILES string of the molecule is CNCCC1CCN(C(=O)C2CCCC2)CC1. The fraction of sp³-hybridized carbons (Fsp3) is 0.929. The highest BCUT2D eigenvalue weighted by atomic mass is 16.2. The molecule has 0 aromatic heterocycles. The van der Waals surface area contributed by atoms with Gasteiger partial charge in [0.2, 0.25) is 5.91 Å². The standard InChI is InChI=1S/C14H26N2O/c1-15-9-6-12-7-10-16(11-8-12)14(17)13-4-2-3-5-13/h12-13,15H,2-11H2,1H3. The van der Waals surface area contributed by atoms with E-state index in [1.165, 1.54) is 32.1 Å². The third-order valence-corrected chi connectivity index (χ3v) is 4.43. The maximum absolute atomic E-state index is 12.2. The molecule has 0 atom stereocenters. The molecule has 0 aromatic rings. The molecule has 1 heterocycles. The predicted octanol–water partition coefficient (Wildman–Crippen LogP) is 2.02. The molecule has 0 spiro atoms. The lowest BCUT2D eigenvalue weighted by molar-refractivity contribution is -0.136. The van der Waals surface area contributed by atoms with Gasteiger partial charge in [-0.1, -0.05) is 12.8 Å². The van der Waals surface area contributed by atoms with Crippen LogP contribution in [0.1, 0.15) is 44.9 Å². The van der Waals surface area contributed by atoms with Crippen LogP contribution in [-0.4, -0.2) is 37.5 Å². The lowest BCUT2D eigenvalue weighted by Gasteiger charge is -2.33. The highest BCUT2D eigenvalue weighted by Crippen LogP contribution is 2.28. The van der Waals surface area contributed by atoms with Crippen LogP contribution in [0.2, 0.25) is 0 Å². The van der Waals surface area contributed by atoms with E-state index in [-0.39, 0.29) is 0 Å². The van der Waals surface area contributed by atoms with Crippen molar-refractivity contribution in [3.8, 4) is 0 Å². The van der Waals surface area contributed by atoms with Crippen LogP contribution in [-0.2, 0) is 4.79 Å². The molecule has 0 radical (unpaired) electrons. The smallest absolute Gasteiger partial charge is 0.225 e. The first-order valence-electron chi connectivity index (χ1n) is 7.24. The number of nitrogens with one attached hydrogen (secondary N) is 1. The van der Waals surface area contributed by atoms with Crippen molar-refractivity contribution in [1.29, 1.82) is 0 Å². The van der Waals surface area contributed by atoms with E-state index in [0.29, 0.717) is 11.8 Å². The number of likely N-dealkylation sites (tertiary alicyclic amines) is 1. The van der Waals surface area contributed by atoms with Gasteiger partial charge in [-0.2, -0.15) is 0 Å². The van der Waals surface area contributed by atoms with Gasteiger partial charge in [0.1, 0.15) is 0 Å². The Hall–Kier alpha value is -0.570. The molecule has 17 heavy (non-hydrogen) atoms. The van der Waals surface area contributed by atoms with E-state index in [2.05, 4.69) is 10.2 Å². The Morgan fingerprint density at radius 1 is 1.18 bits per heavy atom. The van der Waals surface area contributed by atoms with Crippen LogP contribution in [0.4, 0.5) is 0 Å². The van der Waals surface area contributed by atoms with Crippen molar-refractivity contribution in [3.05, 3.63) is 0 Å². The van der Waals surface area contributed by atoms with Crippen molar-refractivity contribution in [2.75, 3.05) is 26.7 Å². The molecular formula is C14H26N2O. The van der Waals surface area contributed by atoms with E-state index in [1.54, 1.807) is 0 Å². The van der Waals surface area contributed by atoms with Gasteiger partial charge >= 0.3 is 0 Å². The molecule has 2 fully saturated rings. The van der Waals surface area contributed by atoms with Crippen LogP contribution >= 0.6 is 0 Å². The van der Waals surface area contributed by atoms with E-state index in [0.717, 1.165) is 38.4 Å². The number of carbonyl (C=O) groups excluding carboxylic acids is 1. The normalized spacial score (nSPS) is 23.2. The van der Waals surface area contributed by atoms with Gasteiger partial charge in [0.25, 0.3) is 0 Å². The lowest BCUT2D eigenvalue weighted by atomic mass is 9.92. The maximum Gasteiger partial charge on any atom is 0.225 e. The third kappa shape index (κ3) is 3.44. The Morgan fingerprint density at radius 3 is 2.41 bits per heavy atom. The van der Waals surface area contributed by atoms with Gasteiger partial charge in [-0.15, -0.1) is 0 Å². The van der Waals surface area contributed by atoms with Crippen LogP contribution in [0.25, 0.3) is 0 Å². The molecule has 1 aliphatic heterocycles. The topological polar surface area (TPSA) is 32.3 Å². The van der Waals surface area contributed by atoms with Gasteiger partial charge in [0.15, 0.2) is 0 Å². The van der Waals surface area contributed by atoms with E-state index in [9.17, 15) is 4.79 Å². The largest absolute Gasteiger partial charge is 0.342 e. The molecule has 3 heteroatoms. The number of hydrogen-bond acceptors (Lipinski definition) is 2. The summed E-state index contributed by atoms with van der Waals surface area (Å²) in [6.45, 7) is 3.12. The fourth-order valence-corrected chi connectivity index (χ4v) is 3.22. The molecule has 2 aliphatic rings. The molecule has 98 valence electrons. The molecule has 0 bridgehead atoms. The number of carbonyl (C=O) groups is 1. The minimum Gasteiger partial charge on any atom is -0.342 e. The molecule has 1 saturated carbocycles. The summed E-state index contributed by atoms with van der Waals surface area (Å²) in [6.07, 6.45) is 8.48. The van der Waals surface area contributed by atoms with Crippen molar-refractivity contribution in [3.63, 3.8) is 0 Å². The number of rotatable bonds is 4. The lowest BCUT2D eigenvalue weighted by Crippen LogP contribution is -2.41. The summed E-state index contributed by atoms with van der Waals surface area (Å²) in [5, 5.41) is 3.21. The Morgan fingerprint density at radius 2 is 1.82 bits per heavy atom. The van der Waals surface area contributed by atoms with Crippen molar-refractivity contribution >= 4 is 5.91 Å². The van der Waals surface area contributed by atoms with Crippen LogP contribution in [0.5, 0.6) is 0 Å². The van der Waals surface area contributed by atoms with Gasteiger partial charge in [0, 0.05) is 19.0 Å². The molecule has 0 aromatic carbocycles. The predicted molar refractivity (Wildman–Crippen MR) is 69.8 cm³/mol. The number of hydrogen-bond donors (Lipinski definition) is 1. The maximum atomic E-state index is 12.2. The second-order valence-electron chi connectivity index (χ2n) is 5.64. The van der Waals surface area contributed by atoms with Gasteiger partial charge in [-0.05, 0) is 51.6 Å². The Bertz CT molecular complexity index is 241. The van der Waals surface area contributed by atoms with Gasteiger partial charge in [0.05, 0.1) is 0 Å². The zero-order valence-corrected chi connectivity index (χ0v) is 11.1. The van der Waals surface area contributed by atoms with Crippen molar-refractivity contribution < 1.29 is 4.79 Å². The second-order valence-corrected chi connectivity index (χ2v) is 5.64. The monoisotopic (exact) mass is 238 g/mol. The average Bonchev–Trinajstić information content (AvgIpc) is 2.90. The molecule has 1 aliphatic carbocycles. The molecular weight excluding hydrogens is 212 g/mol. The zero-order valence-electron chi connectivity index (χ0n) is 11.1. The van der Waals surface area contributed by atoms with Crippen LogP contribution in [0, 0.1) is 11.8 Å². The molecule has 1 saturated heterocycles. The minimum absolute atomic E-state index is 0.365. The van der Waals surface area contributed by atoms with Crippen molar-refractivity contribution in [1.82, 2.24) is 10.2 Å². The summed E-state index contributed by atoms with van der Waals surface area (Å²) in [5.41, 5.74) is 0. The van der Waals surface area contributed by atoms with Crippen LogP contribution < -0.4 is 5.32 Å². The summed E-state index contributed by atoms with van der Waals surface area (Å²) >= 11 is 0. The first-order chi connectivity index (χ1) is 8.31.